The van der Waals surface area contributed by atoms with Gasteiger partial charge >= 0.3 is 0 Å². The first kappa shape index (κ1) is 15.1. The molecule has 0 saturated heterocycles. The summed E-state index contributed by atoms with van der Waals surface area (Å²) in [6.45, 7) is 2.13. The molecular formula is C15H19NO3. The summed E-state index contributed by atoms with van der Waals surface area (Å²) < 4.78 is 0. The lowest BCUT2D eigenvalue weighted by Gasteiger charge is -2.01. The molecule has 0 fully saturated rings. The summed E-state index contributed by atoms with van der Waals surface area (Å²) in [5.74, 6) is 0. The lowest BCUT2D eigenvalue weighted by molar-refractivity contribution is -0.385. The number of benzene rings is 1. The first-order valence-electron chi connectivity index (χ1n) is 6.58. The topological polar surface area (TPSA) is 60.2 Å². The second-order valence-corrected chi connectivity index (χ2v) is 4.46. The number of aldehydes is 1. The molecule has 19 heavy (non-hydrogen) atoms. The molecule has 0 amide bonds. The number of rotatable bonds is 8. The molecule has 0 bridgehead atoms. The van der Waals surface area contributed by atoms with Crippen molar-refractivity contribution in [3.05, 3.63) is 45.5 Å². The second kappa shape index (κ2) is 8.19. The first-order valence-corrected chi connectivity index (χ1v) is 6.58. The van der Waals surface area contributed by atoms with Crippen LogP contribution in [0.25, 0.3) is 6.08 Å². The normalized spacial score (nSPS) is 11.3. The predicted octanol–water partition coefficient (Wildman–Crippen LogP) is 4.15. The van der Waals surface area contributed by atoms with Crippen molar-refractivity contribution in [2.75, 3.05) is 0 Å². The Balaban J connectivity index is 2.80. The lowest BCUT2D eigenvalue weighted by atomic mass is 10.0. The molecule has 0 unspecified atom stereocenters. The van der Waals surface area contributed by atoms with Gasteiger partial charge in [-0.1, -0.05) is 38.3 Å². The van der Waals surface area contributed by atoms with Crippen LogP contribution in [0.2, 0.25) is 0 Å². The van der Waals surface area contributed by atoms with E-state index in [4.69, 9.17) is 0 Å². The van der Waals surface area contributed by atoms with Crippen LogP contribution >= 0.6 is 0 Å². The van der Waals surface area contributed by atoms with Crippen LogP contribution in [0, 0.1) is 10.1 Å². The van der Waals surface area contributed by atoms with E-state index in [0.29, 0.717) is 17.6 Å². The molecule has 0 aromatic heterocycles. The van der Waals surface area contributed by atoms with Gasteiger partial charge in [-0.05, 0) is 30.6 Å². The van der Waals surface area contributed by atoms with Crippen molar-refractivity contribution in [3.8, 4) is 0 Å². The molecule has 0 aliphatic carbocycles. The molecule has 0 aliphatic heterocycles. The maximum Gasteiger partial charge on any atom is 0.276 e. The Kier molecular flexibility index (Phi) is 6.50. The van der Waals surface area contributed by atoms with Gasteiger partial charge in [-0.2, -0.15) is 0 Å². The fourth-order valence-electron chi connectivity index (χ4n) is 1.90. The summed E-state index contributed by atoms with van der Waals surface area (Å²) in [5, 5.41) is 10.9. The Labute approximate surface area is 113 Å². The number of nitrogens with zero attached hydrogens (tertiary/aromatic N) is 1. The van der Waals surface area contributed by atoms with Crippen molar-refractivity contribution in [2.24, 2.45) is 0 Å². The molecule has 1 rings (SSSR count). The lowest BCUT2D eigenvalue weighted by Crippen LogP contribution is -1.93. The largest absolute Gasteiger partial charge is 0.298 e. The molecule has 4 nitrogen and oxygen atoms in total. The Morgan fingerprint density at radius 3 is 2.63 bits per heavy atom. The second-order valence-electron chi connectivity index (χ2n) is 4.46. The zero-order chi connectivity index (χ0) is 14.1. The zero-order valence-corrected chi connectivity index (χ0v) is 11.2. The minimum Gasteiger partial charge on any atom is -0.298 e. The molecule has 0 radical (unpaired) electrons. The highest BCUT2D eigenvalue weighted by molar-refractivity contribution is 5.83. The number of nitro benzene ring substituents is 1. The number of nitro groups is 1. The number of para-hydroxylation sites is 1. The van der Waals surface area contributed by atoms with E-state index < -0.39 is 4.92 Å². The van der Waals surface area contributed by atoms with E-state index in [1.54, 1.807) is 24.3 Å². The van der Waals surface area contributed by atoms with E-state index in [1.807, 2.05) is 0 Å². The minimum absolute atomic E-state index is 0.0374. The fraction of sp³-hybridized carbons (Fsp3) is 0.400. The Morgan fingerprint density at radius 2 is 2.00 bits per heavy atom. The highest BCUT2D eigenvalue weighted by atomic mass is 16.6. The van der Waals surface area contributed by atoms with Gasteiger partial charge in [0.25, 0.3) is 5.69 Å². The van der Waals surface area contributed by atoms with Crippen molar-refractivity contribution in [1.82, 2.24) is 0 Å². The number of hydrogen-bond donors (Lipinski definition) is 0. The van der Waals surface area contributed by atoms with Gasteiger partial charge in [-0.3, -0.25) is 14.9 Å². The monoisotopic (exact) mass is 261 g/mol. The van der Waals surface area contributed by atoms with Crippen LogP contribution in [0.5, 0.6) is 0 Å². The first-order chi connectivity index (χ1) is 9.19. The van der Waals surface area contributed by atoms with E-state index in [0.717, 1.165) is 32.0 Å². The maximum absolute atomic E-state index is 11.0. The molecule has 4 heteroatoms. The van der Waals surface area contributed by atoms with Crippen LogP contribution in [0.15, 0.2) is 29.8 Å². The van der Waals surface area contributed by atoms with Crippen LogP contribution in [-0.4, -0.2) is 11.2 Å². The smallest absolute Gasteiger partial charge is 0.276 e. The standard InChI is InChI=1S/C15H19NO3/c1-2-3-4-5-8-13(12-17)11-14-9-6-7-10-15(14)16(18)19/h6-7,9-12H,2-5,8H2,1H3/b13-11+. The van der Waals surface area contributed by atoms with E-state index in [9.17, 15) is 14.9 Å². The van der Waals surface area contributed by atoms with Crippen LogP contribution < -0.4 is 0 Å². The molecule has 1 aromatic carbocycles. The Bertz CT molecular complexity index is 466. The van der Waals surface area contributed by atoms with Crippen molar-refractivity contribution >= 4 is 18.0 Å². The highest BCUT2D eigenvalue weighted by Gasteiger charge is 2.10. The van der Waals surface area contributed by atoms with E-state index in [-0.39, 0.29) is 5.69 Å². The molecule has 0 N–H and O–H groups in total. The van der Waals surface area contributed by atoms with Gasteiger partial charge in [0, 0.05) is 6.07 Å². The molecular weight excluding hydrogens is 242 g/mol. The molecule has 0 aliphatic rings. The Morgan fingerprint density at radius 1 is 1.26 bits per heavy atom. The number of hydrogen-bond acceptors (Lipinski definition) is 3. The highest BCUT2D eigenvalue weighted by Crippen LogP contribution is 2.21. The van der Waals surface area contributed by atoms with E-state index in [2.05, 4.69) is 6.92 Å². The van der Waals surface area contributed by atoms with Gasteiger partial charge < -0.3 is 0 Å². The van der Waals surface area contributed by atoms with E-state index in [1.165, 1.54) is 6.07 Å². The summed E-state index contributed by atoms with van der Waals surface area (Å²) >= 11 is 0. The van der Waals surface area contributed by atoms with Gasteiger partial charge in [0.2, 0.25) is 0 Å². The molecule has 102 valence electrons. The number of unbranched alkanes of at least 4 members (excludes halogenated alkanes) is 3. The molecule has 0 spiro atoms. The zero-order valence-electron chi connectivity index (χ0n) is 11.2. The van der Waals surface area contributed by atoms with Crippen molar-refractivity contribution in [1.29, 1.82) is 0 Å². The van der Waals surface area contributed by atoms with E-state index >= 15 is 0 Å². The third kappa shape index (κ3) is 5.04. The van der Waals surface area contributed by atoms with Crippen LogP contribution in [0.4, 0.5) is 5.69 Å². The van der Waals surface area contributed by atoms with Gasteiger partial charge in [0.1, 0.15) is 6.29 Å². The van der Waals surface area contributed by atoms with Gasteiger partial charge in [-0.25, -0.2) is 0 Å². The average Bonchev–Trinajstić information content (AvgIpc) is 2.42. The SMILES string of the molecule is CCCCCC/C(C=O)=C\c1ccccc1[N+](=O)[O-]. The van der Waals surface area contributed by atoms with Crippen LogP contribution in [-0.2, 0) is 4.79 Å². The summed E-state index contributed by atoms with van der Waals surface area (Å²) in [7, 11) is 0. The molecule has 1 aromatic rings. The van der Waals surface area contributed by atoms with Gasteiger partial charge in [0.15, 0.2) is 0 Å². The maximum atomic E-state index is 11.0. The predicted molar refractivity (Wildman–Crippen MR) is 75.9 cm³/mol. The molecule has 0 heterocycles. The number of carbonyl (C=O) groups excluding carboxylic acids is 1. The van der Waals surface area contributed by atoms with Gasteiger partial charge in [-0.15, -0.1) is 0 Å². The summed E-state index contributed by atoms with van der Waals surface area (Å²) in [5.41, 5.74) is 1.14. The van der Waals surface area contributed by atoms with Gasteiger partial charge in [0.05, 0.1) is 10.5 Å². The minimum atomic E-state index is -0.425. The van der Waals surface area contributed by atoms with Crippen LogP contribution in [0.1, 0.15) is 44.6 Å². The molecule has 0 saturated carbocycles. The number of carbonyl (C=O) groups is 1. The van der Waals surface area contributed by atoms with Crippen molar-refractivity contribution < 1.29 is 9.72 Å². The summed E-state index contributed by atoms with van der Waals surface area (Å²) in [4.78, 5) is 21.5. The summed E-state index contributed by atoms with van der Waals surface area (Å²) in [6.07, 6.45) is 7.41. The van der Waals surface area contributed by atoms with Crippen LogP contribution in [0.3, 0.4) is 0 Å². The average molecular weight is 261 g/mol. The quantitative estimate of drug-likeness (QED) is 0.232. The Hall–Kier alpha value is -1.97. The fourth-order valence-corrected chi connectivity index (χ4v) is 1.90. The third-order valence-electron chi connectivity index (χ3n) is 2.94. The van der Waals surface area contributed by atoms with Crippen molar-refractivity contribution in [3.63, 3.8) is 0 Å². The number of allylic oxidation sites excluding steroid dienone is 1. The summed E-state index contributed by atoms with van der Waals surface area (Å²) in [6, 6.07) is 6.47. The molecule has 0 atom stereocenters. The van der Waals surface area contributed by atoms with Crippen molar-refractivity contribution in [2.45, 2.75) is 39.0 Å². The third-order valence-corrected chi connectivity index (χ3v) is 2.94.